The highest BCUT2D eigenvalue weighted by Gasteiger charge is 2.19. The zero-order valence-electron chi connectivity index (χ0n) is 27.5. The van der Waals surface area contributed by atoms with Crippen LogP contribution in [0, 0.1) is 0 Å². The number of ether oxygens (including phenoxy) is 2. The quantitative estimate of drug-likeness (QED) is 0.0814. The van der Waals surface area contributed by atoms with E-state index < -0.39 is 11.9 Å². The normalized spacial score (nSPS) is 10.7. The number of esters is 2. The molecular weight excluding hydrogens is 676 g/mol. The van der Waals surface area contributed by atoms with E-state index in [0.29, 0.717) is 22.3 Å². The molecule has 0 aliphatic heterocycles. The molecule has 1 aromatic heterocycles. The van der Waals surface area contributed by atoms with Crippen LogP contribution in [-0.2, 0) is 0 Å². The number of hydrogen-bond acceptors (Lipinski definition) is 11. The molecule has 0 amide bonds. The first kappa shape index (κ1) is 33.8. The fourth-order valence-corrected chi connectivity index (χ4v) is 5.31. The van der Waals surface area contributed by atoms with Crippen LogP contribution < -0.4 is 9.47 Å². The first-order chi connectivity index (χ1) is 25.7. The first-order valence-corrected chi connectivity index (χ1v) is 16.1. The molecule has 0 radical (unpaired) electrons. The van der Waals surface area contributed by atoms with E-state index in [1.807, 2.05) is 0 Å². The van der Waals surface area contributed by atoms with Crippen molar-refractivity contribution in [2.75, 3.05) is 0 Å². The van der Waals surface area contributed by atoms with Crippen LogP contribution in [0.25, 0.3) is 22.9 Å². The largest absolute Gasteiger partial charge is 0.507 e. The summed E-state index contributed by atoms with van der Waals surface area (Å²) in [6.07, 6.45) is 0. The zero-order valence-corrected chi connectivity index (χ0v) is 27.5. The van der Waals surface area contributed by atoms with E-state index >= 15 is 0 Å². The number of phenolic OH excluding ortho intramolecular Hbond substituents is 2. The second-order valence-electron chi connectivity index (χ2n) is 11.6. The molecule has 0 unspecified atom stereocenters. The topological polar surface area (TPSA) is 166 Å². The molecule has 258 valence electrons. The van der Waals surface area contributed by atoms with E-state index in [2.05, 4.69) is 10.2 Å². The van der Waals surface area contributed by atoms with Crippen molar-refractivity contribution in [1.82, 2.24) is 10.2 Å². The van der Waals surface area contributed by atoms with Gasteiger partial charge in [-0.05, 0) is 72.8 Å². The van der Waals surface area contributed by atoms with E-state index in [9.17, 15) is 29.4 Å². The van der Waals surface area contributed by atoms with Gasteiger partial charge in [0.05, 0.1) is 22.3 Å². The Bertz CT molecular complexity index is 2300. The first-order valence-electron chi connectivity index (χ1n) is 16.1. The van der Waals surface area contributed by atoms with Crippen molar-refractivity contribution < 1.29 is 43.3 Å². The van der Waals surface area contributed by atoms with Crippen molar-refractivity contribution in [2.45, 2.75) is 0 Å². The Morgan fingerprint density at radius 2 is 0.830 bits per heavy atom. The van der Waals surface area contributed by atoms with Crippen molar-refractivity contribution in [3.63, 3.8) is 0 Å². The number of aromatic nitrogens is 2. The smallest absolute Gasteiger partial charge is 0.343 e. The molecule has 11 nitrogen and oxygen atoms in total. The van der Waals surface area contributed by atoms with Crippen LogP contribution in [0.2, 0.25) is 0 Å². The minimum atomic E-state index is -0.685. The van der Waals surface area contributed by atoms with Crippen LogP contribution in [0.1, 0.15) is 52.6 Å². The Balaban J connectivity index is 0.961. The Morgan fingerprint density at radius 1 is 0.453 bits per heavy atom. The van der Waals surface area contributed by atoms with Crippen molar-refractivity contribution >= 4 is 23.5 Å². The lowest BCUT2D eigenvalue weighted by Gasteiger charge is -2.08. The second kappa shape index (κ2) is 14.7. The predicted octanol–water partition coefficient (Wildman–Crippen LogP) is 7.72. The number of rotatable bonds is 10. The number of carbonyl (C=O) groups is 4. The van der Waals surface area contributed by atoms with Crippen molar-refractivity contribution in [2.24, 2.45) is 0 Å². The summed E-state index contributed by atoms with van der Waals surface area (Å²) in [7, 11) is 0. The zero-order chi connectivity index (χ0) is 36.9. The third-order valence-electron chi connectivity index (χ3n) is 8.08. The molecule has 0 fully saturated rings. The summed E-state index contributed by atoms with van der Waals surface area (Å²) in [4.78, 5) is 51.0. The molecule has 6 aromatic carbocycles. The molecule has 0 saturated heterocycles. The molecular formula is C42H26N2O9. The highest BCUT2D eigenvalue weighted by Crippen LogP contribution is 2.29. The fraction of sp³-hybridized carbons (Fsp3) is 0. The molecule has 0 aliphatic carbocycles. The molecule has 0 atom stereocenters. The van der Waals surface area contributed by atoms with Crippen LogP contribution in [0.5, 0.6) is 23.0 Å². The monoisotopic (exact) mass is 702 g/mol. The molecule has 0 saturated carbocycles. The summed E-state index contributed by atoms with van der Waals surface area (Å²) >= 11 is 0. The van der Waals surface area contributed by atoms with Gasteiger partial charge in [-0.3, -0.25) is 9.59 Å². The number of hydrogen-bond donors (Lipinski definition) is 2. The maximum Gasteiger partial charge on any atom is 0.343 e. The van der Waals surface area contributed by atoms with Gasteiger partial charge in [-0.15, -0.1) is 10.2 Å². The minimum absolute atomic E-state index is 0.0622. The number of carbonyl (C=O) groups excluding carboxylic acids is 4. The van der Waals surface area contributed by atoms with Gasteiger partial charge in [-0.1, -0.05) is 60.7 Å². The Labute approximate surface area is 301 Å². The highest BCUT2D eigenvalue weighted by atomic mass is 16.5. The molecule has 11 heteroatoms. The summed E-state index contributed by atoms with van der Waals surface area (Å²) in [5, 5.41) is 29.0. The van der Waals surface area contributed by atoms with E-state index in [-0.39, 0.29) is 68.6 Å². The lowest BCUT2D eigenvalue weighted by atomic mass is 10.0. The van der Waals surface area contributed by atoms with Crippen molar-refractivity contribution in [3.8, 4) is 45.9 Å². The molecule has 2 N–H and O–H groups in total. The minimum Gasteiger partial charge on any atom is -0.507 e. The van der Waals surface area contributed by atoms with E-state index in [4.69, 9.17) is 13.9 Å². The summed E-state index contributed by atoms with van der Waals surface area (Å²) < 4.78 is 16.6. The highest BCUT2D eigenvalue weighted by molar-refractivity contribution is 6.11. The van der Waals surface area contributed by atoms with E-state index in [1.54, 1.807) is 84.9 Å². The number of aromatic hydroxyl groups is 2. The van der Waals surface area contributed by atoms with Crippen LogP contribution >= 0.6 is 0 Å². The van der Waals surface area contributed by atoms with Gasteiger partial charge in [-0.25, -0.2) is 9.59 Å². The number of benzene rings is 6. The number of ketones is 2. The van der Waals surface area contributed by atoms with Crippen LogP contribution in [0.4, 0.5) is 0 Å². The van der Waals surface area contributed by atoms with Crippen LogP contribution in [-0.4, -0.2) is 43.9 Å². The SMILES string of the molecule is O=C(Oc1ccc(C(=O)c2ccccc2)c(O)c1)c1ccc(-c2nnc(-c3ccc(C(=O)Oc4ccc(C(=O)c5ccccc5)c(O)c4)cc3)o2)cc1. The molecule has 7 aromatic rings. The van der Waals surface area contributed by atoms with Crippen LogP contribution in [0.3, 0.4) is 0 Å². The Morgan fingerprint density at radius 3 is 1.19 bits per heavy atom. The lowest BCUT2D eigenvalue weighted by molar-refractivity contribution is 0.0724. The molecule has 0 bridgehead atoms. The summed E-state index contributed by atoms with van der Waals surface area (Å²) in [6, 6.07) is 37.6. The van der Waals surface area contributed by atoms with Gasteiger partial charge in [0, 0.05) is 34.4 Å². The van der Waals surface area contributed by atoms with Crippen LogP contribution in [0.15, 0.2) is 150 Å². The molecule has 1 heterocycles. The molecule has 0 spiro atoms. The average Bonchev–Trinajstić information content (AvgIpc) is 3.69. The maximum absolute atomic E-state index is 12.8. The van der Waals surface area contributed by atoms with E-state index in [0.717, 1.165) is 0 Å². The van der Waals surface area contributed by atoms with Gasteiger partial charge < -0.3 is 24.1 Å². The van der Waals surface area contributed by atoms with E-state index in [1.165, 1.54) is 60.7 Å². The summed E-state index contributed by atoms with van der Waals surface area (Å²) in [6.45, 7) is 0. The maximum atomic E-state index is 12.8. The fourth-order valence-electron chi connectivity index (χ4n) is 5.31. The number of nitrogens with zero attached hydrogens (tertiary/aromatic N) is 2. The van der Waals surface area contributed by atoms with Gasteiger partial charge in [0.1, 0.15) is 23.0 Å². The van der Waals surface area contributed by atoms with Gasteiger partial charge in [0.2, 0.25) is 11.8 Å². The number of phenols is 2. The predicted molar refractivity (Wildman–Crippen MR) is 191 cm³/mol. The average molecular weight is 703 g/mol. The summed E-state index contributed by atoms with van der Waals surface area (Å²) in [5.74, 6) is -2.24. The van der Waals surface area contributed by atoms with Gasteiger partial charge in [0.25, 0.3) is 0 Å². The third kappa shape index (κ3) is 7.44. The van der Waals surface area contributed by atoms with Crippen molar-refractivity contribution in [1.29, 1.82) is 0 Å². The van der Waals surface area contributed by atoms with Crippen molar-refractivity contribution in [3.05, 3.63) is 179 Å². The molecule has 53 heavy (non-hydrogen) atoms. The standard InChI is InChI=1S/C42H26N2O9/c45-35-23-31(19-21-33(35)37(47)25-7-3-1-4-8-25)51-41(49)29-15-11-27(12-16-29)39-43-44-40(53-39)28-13-17-30(18-14-28)42(50)52-32-20-22-34(36(46)24-32)38(48)26-9-5-2-6-10-26/h1-24,45-46H. The Kier molecular flexibility index (Phi) is 9.36. The summed E-state index contributed by atoms with van der Waals surface area (Å²) in [5.41, 5.74) is 2.48. The van der Waals surface area contributed by atoms with Gasteiger partial charge in [0.15, 0.2) is 11.6 Å². The van der Waals surface area contributed by atoms with Gasteiger partial charge >= 0.3 is 11.9 Å². The molecule has 7 rings (SSSR count). The van der Waals surface area contributed by atoms with Gasteiger partial charge in [-0.2, -0.15) is 0 Å². The second-order valence-corrected chi connectivity index (χ2v) is 11.6. The third-order valence-corrected chi connectivity index (χ3v) is 8.08. The Hall–Kier alpha value is -7.66. The molecule has 0 aliphatic rings. The lowest BCUT2D eigenvalue weighted by Crippen LogP contribution is -2.09.